The van der Waals surface area contributed by atoms with Crippen molar-refractivity contribution < 1.29 is 14.7 Å². The lowest BCUT2D eigenvalue weighted by molar-refractivity contribution is -0.138. The molecule has 1 amide bonds. The Labute approximate surface area is 103 Å². The van der Waals surface area contributed by atoms with Crippen LogP contribution in [0.2, 0.25) is 0 Å². The van der Waals surface area contributed by atoms with Gasteiger partial charge in [0.05, 0.1) is 0 Å². The number of hydrogen-bond donors (Lipinski definition) is 2. The average molecular weight is 241 g/mol. The maximum atomic E-state index is 11.9. The molecular formula is C13H23NO3. The molecule has 1 aliphatic carbocycles. The summed E-state index contributed by atoms with van der Waals surface area (Å²) in [5, 5.41) is 11.7. The SMILES string of the molecule is CC(C)(C)NC(=O)C1CCC(CC(=O)O)CC1. The average Bonchev–Trinajstić information content (AvgIpc) is 2.15. The first-order chi connectivity index (χ1) is 7.78. The quantitative estimate of drug-likeness (QED) is 0.796. The minimum absolute atomic E-state index is 0.0688. The fourth-order valence-corrected chi connectivity index (χ4v) is 2.35. The number of aliphatic carboxylic acids is 1. The van der Waals surface area contributed by atoms with E-state index in [2.05, 4.69) is 5.32 Å². The second-order valence-electron chi connectivity index (χ2n) is 6.05. The fourth-order valence-electron chi connectivity index (χ4n) is 2.35. The smallest absolute Gasteiger partial charge is 0.303 e. The van der Waals surface area contributed by atoms with E-state index >= 15 is 0 Å². The maximum Gasteiger partial charge on any atom is 0.303 e. The lowest BCUT2D eigenvalue weighted by Gasteiger charge is -2.30. The molecule has 0 aromatic carbocycles. The van der Waals surface area contributed by atoms with E-state index in [0.29, 0.717) is 0 Å². The van der Waals surface area contributed by atoms with Gasteiger partial charge in [0.2, 0.25) is 5.91 Å². The highest BCUT2D eigenvalue weighted by Gasteiger charge is 2.28. The zero-order valence-electron chi connectivity index (χ0n) is 11.0. The molecule has 0 radical (unpaired) electrons. The zero-order valence-corrected chi connectivity index (χ0v) is 11.0. The third-order valence-electron chi connectivity index (χ3n) is 3.18. The van der Waals surface area contributed by atoms with Crippen LogP contribution in [0, 0.1) is 11.8 Å². The van der Waals surface area contributed by atoms with Gasteiger partial charge in [-0.05, 0) is 52.4 Å². The minimum atomic E-state index is -0.729. The monoisotopic (exact) mass is 241 g/mol. The van der Waals surface area contributed by atoms with Gasteiger partial charge in [-0.3, -0.25) is 9.59 Å². The normalized spacial score (nSPS) is 25.4. The van der Waals surface area contributed by atoms with Crippen molar-refractivity contribution in [2.24, 2.45) is 11.8 Å². The number of amides is 1. The highest BCUT2D eigenvalue weighted by atomic mass is 16.4. The van der Waals surface area contributed by atoms with E-state index in [4.69, 9.17) is 5.11 Å². The Bertz CT molecular complexity index is 286. The van der Waals surface area contributed by atoms with Gasteiger partial charge in [0, 0.05) is 17.9 Å². The van der Waals surface area contributed by atoms with E-state index in [1.54, 1.807) is 0 Å². The first kappa shape index (κ1) is 14.0. The van der Waals surface area contributed by atoms with Crippen molar-refractivity contribution in [3.8, 4) is 0 Å². The summed E-state index contributed by atoms with van der Waals surface area (Å²) in [6.07, 6.45) is 3.59. The summed E-state index contributed by atoms with van der Waals surface area (Å²) in [4.78, 5) is 22.5. The van der Waals surface area contributed by atoms with E-state index in [1.165, 1.54) is 0 Å². The maximum absolute atomic E-state index is 11.9. The predicted molar refractivity (Wildman–Crippen MR) is 65.6 cm³/mol. The Morgan fingerprint density at radius 1 is 1.18 bits per heavy atom. The number of carbonyl (C=O) groups excluding carboxylic acids is 1. The molecule has 1 saturated carbocycles. The molecule has 0 heterocycles. The second-order valence-corrected chi connectivity index (χ2v) is 6.05. The van der Waals surface area contributed by atoms with Crippen molar-refractivity contribution in [2.45, 2.75) is 58.4 Å². The van der Waals surface area contributed by atoms with E-state index < -0.39 is 5.97 Å². The summed E-state index contributed by atoms with van der Waals surface area (Å²) in [6.45, 7) is 5.92. The van der Waals surface area contributed by atoms with E-state index in [0.717, 1.165) is 25.7 Å². The Kier molecular flexibility index (Phi) is 4.54. The molecule has 0 aromatic rings. The lowest BCUT2D eigenvalue weighted by Crippen LogP contribution is -2.44. The van der Waals surface area contributed by atoms with Gasteiger partial charge in [-0.1, -0.05) is 0 Å². The van der Waals surface area contributed by atoms with Gasteiger partial charge < -0.3 is 10.4 Å². The predicted octanol–water partition coefficient (Wildman–Crippen LogP) is 2.18. The number of carbonyl (C=O) groups is 2. The molecule has 2 N–H and O–H groups in total. The third-order valence-corrected chi connectivity index (χ3v) is 3.18. The number of carboxylic acid groups (broad SMARTS) is 1. The minimum Gasteiger partial charge on any atom is -0.481 e. The van der Waals surface area contributed by atoms with Crippen LogP contribution in [0.3, 0.4) is 0 Å². The standard InChI is InChI=1S/C13H23NO3/c1-13(2,3)14-12(17)10-6-4-9(5-7-10)8-11(15)16/h9-10H,4-8H2,1-3H3,(H,14,17)(H,15,16). The van der Waals surface area contributed by atoms with Crippen molar-refractivity contribution in [3.05, 3.63) is 0 Å². The van der Waals surface area contributed by atoms with Gasteiger partial charge in [0.1, 0.15) is 0 Å². The molecule has 4 heteroatoms. The van der Waals surface area contributed by atoms with Crippen LogP contribution < -0.4 is 5.32 Å². The van der Waals surface area contributed by atoms with Crippen LogP contribution in [-0.4, -0.2) is 22.5 Å². The summed E-state index contributed by atoms with van der Waals surface area (Å²) >= 11 is 0. The van der Waals surface area contributed by atoms with Crippen LogP contribution >= 0.6 is 0 Å². The molecule has 0 unspecified atom stereocenters. The van der Waals surface area contributed by atoms with Crippen molar-refractivity contribution in [2.75, 3.05) is 0 Å². The Morgan fingerprint density at radius 2 is 1.71 bits per heavy atom. The summed E-state index contributed by atoms with van der Waals surface area (Å²) < 4.78 is 0. The van der Waals surface area contributed by atoms with Gasteiger partial charge in [0.15, 0.2) is 0 Å². The largest absolute Gasteiger partial charge is 0.481 e. The van der Waals surface area contributed by atoms with Gasteiger partial charge >= 0.3 is 5.97 Å². The van der Waals surface area contributed by atoms with Crippen molar-refractivity contribution in [1.82, 2.24) is 5.32 Å². The molecule has 17 heavy (non-hydrogen) atoms. The molecule has 1 rings (SSSR count). The third kappa shape index (κ3) is 5.20. The molecule has 0 saturated heterocycles. The van der Waals surface area contributed by atoms with Crippen molar-refractivity contribution in [1.29, 1.82) is 0 Å². The molecule has 4 nitrogen and oxygen atoms in total. The fraction of sp³-hybridized carbons (Fsp3) is 0.846. The number of hydrogen-bond acceptors (Lipinski definition) is 2. The first-order valence-corrected chi connectivity index (χ1v) is 6.32. The molecule has 0 aliphatic heterocycles. The summed E-state index contributed by atoms with van der Waals surface area (Å²) in [7, 11) is 0. The summed E-state index contributed by atoms with van der Waals surface area (Å²) in [5.74, 6) is -0.288. The van der Waals surface area contributed by atoms with Gasteiger partial charge in [-0.15, -0.1) is 0 Å². The zero-order chi connectivity index (χ0) is 13.1. The van der Waals surface area contributed by atoms with Crippen LogP contribution in [0.15, 0.2) is 0 Å². The van der Waals surface area contributed by atoms with Gasteiger partial charge in [-0.2, -0.15) is 0 Å². The molecule has 0 spiro atoms. The molecule has 0 bridgehead atoms. The Balaban J connectivity index is 2.36. The Hall–Kier alpha value is -1.06. The molecule has 98 valence electrons. The highest BCUT2D eigenvalue weighted by molar-refractivity contribution is 5.79. The lowest BCUT2D eigenvalue weighted by atomic mass is 9.80. The van der Waals surface area contributed by atoms with Gasteiger partial charge in [0.25, 0.3) is 0 Å². The second kappa shape index (κ2) is 5.52. The van der Waals surface area contributed by atoms with E-state index in [9.17, 15) is 9.59 Å². The first-order valence-electron chi connectivity index (χ1n) is 6.32. The Morgan fingerprint density at radius 3 is 2.12 bits per heavy atom. The number of nitrogens with one attached hydrogen (secondary N) is 1. The van der Waals surface area contributed by atoms with Crippen molar-refractivity contribution >= 4 is 11.9 Å². The molecule has 1 aliphatic rings. The summed E-state index contributed by atoms with van der Waals surface area (Å²) in [5.41, 5.74) is -0.186. The number of carboxylic acids is 1. The highest BCUT2D eigenvalue weighted by Crippen LogP contribution is 2.31. The van der Waals surface area contributed by atoms with Crippen molar-refractivity contribution in [3.63, 3.8) is 0 Å². The number of rotatable bonds is 3. The van der Waals surface area contributed by atoms with E-state index in [1.807, 2.05) is 20.8 Å². The van der Waals surface area contributed by atoms with Crippen LogP contribution in [-0.2, 0) is 9.59 Å². The van der Waals surface area contributed by atoms with Crippen LogP contribution in [0.1, 0.15) is 52.9 Å². The van der Waals surface area contributed by atoms with Crippen LogP contribution in [0.5, 0.6) is 0 Å². The van der Waals surface area contributed by atoms with E-state index in [-0.39, 0.29) is 29.7 Å². The topological polar surface area (TPSA) is 66.4 Å². The van der Waals surface area contributed by atoms with Gasteiger partial charge in [-0.25, -0.2) is 0 Å². The molecule has 0 atom stereocenters. The molecular weight excluding hydrogens is 218 g/mol. The van der Waals surface area contributed by atoms with Crippen LogP contribution in [0.25, 0.3) is 0 Å². The molecule has 0 aromatic heterocycles. The molecule has 1 fully saturated rings. The summed E-state index contributed by atoms with van der Waals surface area (Å²) in [6, 6.07) is 0. The van der Waals surface area contributed by atoms with Crippen LogP contribution in [0.4, 0.5) is 0 Å².